The molecular weight excluding hydrogens is 479 g/mol. The molecule has 0 saturated carbocycles. The quantitative estimate of drug-likeness (QED) is 0.588. The monoisotopic (exact) mass is 513 g/mol. The zero-order chi connectivity index (χ0) is 26.4. The van der Waals surface area contributed by atoms with E-state index < -0.39 is 11.7 Å². The molecule has 0 spiro atoms. The molecule has 0 aromatic heterocycles. The molecule has 2 aromatic carbocycles. The Kier molecular flexibility index (Phi) is 8.59. The lowest BCUT2D eigenvalue weighted by molar-refractivity contribution is -0.137. The van der Waals surface area contributed by atoms with Crippen LogP contribution < -0.4 is 15.1 Å². The van der Waals surface area contributed by atoms with E-state index in [0.717, 1.165) is 45.2 Å². The highest BCUT2D eigenvalue weighted by Crippen LogP contribution is 2.35. The van der Waals surface area contributed by atoms with Crippen molar-refractivity contribution in [3.63, 3.8) is 0 Å². The smallest absolute Gasteiger partial charge is 0.371 e. The first-order valence-corrected chi connectivity index (χ1v) is 12.9. The molecule has 2 aromatic rings. The third kappa shape index (κ3) is 7.16. The summed E-state index contributed by atoms with van der Waals surface area (Å²) in [4.78, 5) is 19.2. The van der Waals surface area contributed by atoms with E-state index in [1.165, 1.54) is 17.3 Å². The lowest BCUT2D eigenvalue weighted by Crippen LogP contribution is -2.47. The van der Waals surface area contributed by atoms with Crippen molar-refractivity contribution in [2.75, 3.05) is 55.6 Å². The van der Waals surface area contributed by atoms with Crippen molar-refractivity contribution >= 4 is 17.3 Å². The number of aryl methyl sites for hydroxylation is 1. The van der Waals surface area contributed by atoms with Gasteiger partial charge in [-0.2, -0.15) is 18.4 Å². The Hall–Kier alpha value is -3.25. The summed E-state index contributed by atoms with van der Waals surface area (Å²) in [5, 5.41) is 12.1. The van der Waals surface area contributed by atoms with Crippen LogP contribution in [0.3, 0.4) is 0 Å². The molecule has 0 unspecified atom stereocenters. The number of carbonyl (C=O) groups excluding carboxylic acids is 1. The van der Waals surface area contributed by atoms with Gasteiger partial charge in [-0.3, -0.25) is 9.69 Å². The van der Waals surface area contributed by atoms with E-state index in [0.29, 0.717) is 38.0 Å². The fourth-order valence-electron chi connectivity index (χ4n) is 5.09. The lowest BCUT2D eigenvalue weighted by Gasteiger charge is -2.36. The summed E-state index contributed by atoms with van der Waals surface area (Å²) in [6.45, 7) is 8.04. The summed E-state index contributed by atoms with van der Waals surface area (Å²) >= 11 is 0. The highest BCUT2D eigenvalue weighted by Gasteiger charge is 2.34. The van der Waals surface area contributed by atoms with E-state index in [9.17, 15) is 18.0 Å². The number of piperazine rings is 1. The number of nitriles is 1. The van der Waals surface area contributed by atoms with Crippen LogP contribution in [0.15, 0.2) is 42.5 Å². The molecule has 0 radical (unpaired) electrons. The van der Waals surface area contributed by atoms with Crippen LogP contribution in [0.4, 0.5) is 24.5 Å². The number of anilines is 2. The van der Waals surface area contributed by atoms with Crippen molar-refractivity contribution in [1.29, 1.82) is 5.26 Å². The predicted octanol–water partition coefficient (Wildman–Crippen LogP) is 4.57. The van der Waals surface area contributed by atoms with Crippen LogP contribution in [0.5, 0.6) is 0 Å². The van der Waals surface area contributed by atoms with Crippen molar-refractivity contribution in [3.05, 3.63) is 59.2 Å². The van der Waals surface area contributed by atoms with Gasteiger partial charge in [-0.05, 0) is 63.1 Å². The van der Waals surface area contributed by atoms with Crippen LogP contribution in [0, 0.1) is 18.3 Å². The number of carbonyl (C=O) groups is 1. The van der Waals surface area contributed by atoms with E-state index in [1.807, 2.05) is 4.90 Å². The minimum Gasteiger partial charge on any atom is -0.371 e. The highest BCUT2D eigenvalue weighted by molar-refractivity contribution is 5.76. The van der Waals surface area contributed by atoms with E-state index in [4.69, 9.17) is 5.26 Å². The Morgan fingerprint density at radius 3 is 2.22 bits per heavy atom. The Labute approximate surface area is 216 Å². The average Bonchev–Trinajstić information content (AvgIpc) is 2.89. The molecule has 1 N–H and O–H groups in total. The first-order chi connectivity index (χ1) is 17.7. The molecule has 0 bridgehead atoms. The largest absolute Gasteiger partial charge is 0.417 e. The van der Waals surface area contributed by atoms with Gasteiger partial charge in [-0.15, -0.1) is 0 Å². The Balaban J connectivity index is 1.15. The maximum absolute atomic E-state index is 13.3. The number of hydrogen-bond acceptors (Lipinski definition) is 5. The topological polar surface area (TPSA) is 62.6 Å². The van der Waals surface area contributed by atoms with Crippen molar-refractivity contribution in [1.82, 2.24) is 10.2 Å². The molecule has 2 saturated heterocycles. The summed E-state index contributed by atoms with van der Waals surface area (Å²) in [6, 6.07) is 14.1. The van der Waals surface area contributed by atoms with Crippen LogP contribution in [0.2, 0.25) is 0 Å². The highest BCUT2D eigenvalue weighted by atomic mass is 19.4. The zero-order valence-corrected chi connectivity index (χ0v) is 21.2. The zero-order valence-electron chi connectivity index (χ0n) is 21.2. The second-order valence-electron chi connectivity index (χ2n) is 9.94. The number of nitrogens with zero attached hydrogens (tertiary/aromatic N) is 4. The predicted molar refractivity (Wildman–Crippen MR) is 139 cm³/mol. The molecule has 4 rings (SSSR count). The SMILES string of the molecule is Cc1ccc(N2CCN(CCCC(=O)NC3CCN(c4ccc(C#N)c(C(F)(F)F)c4)CC3)CC2)cc1. The molecule has 37 heavy (non-hydrogen) atoms. The van der Waals surface area contributed by atoms with Gasteiger partial charge in [0.05, 0.1) is 17.2 Å². The third-order valence-corrected chi connectivity index (χ3v) is 7.30. The molecular formula is C28H34F3N5O. The van der Waals surface area contributed by atoms with Crippen molar-refractivity contribution in [2.45, 2.75) is 44.8 Å². The third-order valence-electron chi connectivity index (χ3n) is 7.30. The fourth-order valence-corrected chi connectivity index (χ4v) is 5.09. The van der Waals surface area contributed by atoms with E-state index in [2.05, 4.69) is 46.3 Å². The Bertz CT molecular complexity index is 1100. The molecule has 0 aliphatic carbocycles. The summed E-state index contributed by atoms with van der Waals surface area (Å²) in [7, 11) is 0. The molecule has 2 fully saturated rings. The van der Waals surface area contributed by atoms with Gasteiger partial charge in [0.25, 0.3) is 0 Å². The molecule has 2 heterocycles. The Morgan fingerprint density at radius 1 is 0.973 bits per heavy atom. The van der Waals surface area contributed by atoms with E-state index in [1.54, 1.807) is 12.1 Å². The maximum Gasteiger partial charge on any atom is 0.417 e. The standard InChI is InChI=1S/C28H34F3N5O/c1-21-4-7-24(8-5-21)36-17-15-34(16-18-36)12-2-3-27(37)33-23-10-13-35(14-11-23)25-9-6-22(20-32)26(19-25)28(29,30)31/h4-9,19,23H,2-3,10-18H2,1H3,(H,33,37). The second-order valence-corrected chi connectivity index (χ2v) is 9.94. The van der Waals surface area contributed by atoms with Crippen molar-refractivity contribution in [2.24, 2.45) is 0 Å². The van der Waals surface area contributed by atoms with Gasteiger partial charge >= 0.3 is 6.18 Å². The molecule has 6 nitrogen and oxygen atoms in total. The van der Waals surface area contributed by atoms with Gasteiger partial charge in [0.2, 0.25) is 5.91 Å². The summed E-state index contributed by atoms with van der Waals surface area (Å²) in [6.07, 6.45) is -1.94. The number of hydrogen-bond donors (Lipinski definition) is 1. The molecule has 9 heteroatoms. The molecule has 0 atom stereocenters. The van der Waals surface area contributed by atoms with Crippen LogP contribution in [0.1, 0.15) is 42.4 Å². The van der Waals surface area contributed by atoms with Crippen LogP contribution in [-0.4, -0.2) is 62.7 Å². The number of nitrogens with one attached hydrogen (secondary N) is 1. The van der Waals surface area contributed by atoms with Gasteiger partial charge in [0, 0.05) is 63.1 Å². The van der Waals surface area contributed by atoms with Crippen molar-refractivity contribution in [3.8, 4) is 6.07 Å². The summed E-state index contributed by atoms with van der Waals surface area (Å²) in [5.41, 5.74) is 1.71. The fraction of sp³-hybridized carbons (Fsp3) is 0.500. The number of amides is 1. The number of benzene rings is 2. The molecule has 1 amide bonds. The maximum atomic E-state index is 13.3. The minimum atomic E-state index is -4.57. The number of rotatable bonds is 7. The lowest BCUT2D eigenvalue weighted by atomic mass is 10.0. The number of alkyl halides is 3. The van der Waals surface area contributed by atoms with Crippen LogP contribution in [-0.2, 0) is 11.0 Å². The van der Waals surface area contributed by atoms with Crippen molar-refractivity contribution < 1.29 is 18.0 Å². The second kappa shape index (κ2) is 11.9. The Morgan fingerprint density at radius 2 is 1.59 bits per heavy atom. The first kappa shape index (κ1) is 26.8. The average molecular weight is 514 g/mol. The minimum absolute atomic E-state index is 0.0299. The van der Waals surface area contributed by atoms with Crippen LogP contribution in [0.25, 0.3) is 0 Å². The van der Waals surface area contributed by atoms with E-state index in [-0.39, 0.29) is 17.5 Å². The van der Waals surface area contributed by atoms with E-state index >= 15 is 0 Å². The molecule has 198 valence electrons. The van der Waals surface area contributed by atoms with Gasteiger partial charge in [0.1, 0.15) is 0 Å². The molecule has 2 aliphatic heterocycles. The normalized spacial score (nSPS) is 17.5. The van der Waals surface area contributed by atoms with Gasteiger partial charge in [0.15, 0.2) is 0 Å². The van der Waals surface area contributed by atoms with Gasteiger partial charge in [-0.25, -0.2) is 0 Å². The number of piperidine rings is 1. The van der Waals surface area contributed by atoms with Crippen LogP contribution >= 0.6 is 0 Å². The molecule has 2 aliphatic rings. The number of halogens is 3. The van der Waals surface area contributed by atoms with Gasteiger partial charge in [-0.1, -0.05) is 17.7 Å². The summed E-state index contributed by atoms with van der Waals surface area (Å²) in [5.74, 6) is 0.0365. The summed E-state index contributed by atoms with van der Waals surface area (Å²) < 4.78 is 39.9. The first-order valence-electron chi connectivity index (χ1n) is 12.9. The van der Waals surface area contributed by atoms with Gasteiger partial charge < -0.3 is 15.1 Å².